The number of quaternary nitrogens is 1. The number of unbranched alkanes of at least 4 members (excludes halogenated alkanes) is 38. The van der Waals surface area contributed by atoms with Gasteiger partial charge in [0.05, 0.1) is 39.9 Å². The van der Waals surface area contributed by atoms with Crippen molar-refractivity contribution in [1.82, 2.24) is 5.32 Å². The van der Waals surface area contributed by atoms with Gasteiger partial charge < -0.3 is 19.8 Å². The Hall–Kier alpha value is -2.06. The van der Waals surface area contributed by atoms with E-state index in [0.717, 1.165) is 77.0 Å². The van der Waals surface area contributed by atoms with E-state index in [4.69, 9.17) is 9.05 Å². The molecule has 0 aliphatic heterocycles. The Morgan fingerprint density at radius 1 is 0.449 bits per heavy atom. The Bertz CT molecular complexity index is 1500. The fourth-order valence-electron chi connectivity index (χ4n) is 9.78. The topological polar surface area (TPSA) is 105 Å². The van der Waals surface area contributed by atoms with Gasteiger partial charge in [0.1, 0.15) is 13.2 Å². The van der Waals surface area contributed by atoms with E-state index >= 15 is 0 Å². The number of rotatable bonds is 61. The molecule has 0 bridgehead atoms. The van der Waals surface area contributed by atoms with Gasteiger partial charge in [-0.05, 0) is 64.2 Å². The highest BCUT2D eigenvalue weighted by Gasteiger charge is 2.28. The molecule has 0 aromatic heterocycles. The summed E-state index contributed by atoms with van der Waals surface area (Å²) in [7, 11) is 1.57. The lowest BCUT2D eigenvalue weighted by molar-refractivity contribution is -0.870. The Balaban J connectivity index is 4.12. The standard InChI is InChI=1S/C69H129N2O6P/c1-6-8-10-12-14-16-18-20-22-24-26-28-30-32-33-34-35-36-37-39-40-42-44-46-48-50-52-54-56-58-60-62-68(72)67(66-77-78(74,75)76-65-64-71(3,4)5)70-69(73)63-61-59-57-55-53-51-49-47-45-43-41-38-31-29-27-25-23-21-19-17-15-13-11-9-7-2/h9,11,15,17,21,23,27,29,38,41,60,62,67-68,72H,6-8,10,12-14,16,18-20,22,24-26,28,30-37,39-40,42-59,61,63-66H2,1-5H3,(H-,70,73,74,75)/p+1/b11-9-,17-15-,23-21-,29-27-,41-38-,62-60+. The number of amides is 1. The maximum Gasteiger partial charge on any atom is 0.472 e. The molecule has 0 saturated heterocycles. The molecule has 0 spiro atoms. The van der Waals surface area contributed by atoms with Crippen LogP contribution in [0, 0.1) is 0 Å². The Kier molecular flexibility index (Phi) is 58.0. The summed E-state index contributed by atoms with van der Waals surface area (Å²) in [6.45, 7) is 4.73. The van der Waals surface area contributed by atoms with Crippen molar-refractivity contribution in [2.45, 2.75) is 321 Å². The van der Waals surface area contributed by atoms with Crippen LogP contribution in [0.1, 0.15) is 309 Å². The first-order valence-electron chi connectivity index (χ1n) is 33.3. The molecule has 1 amide bonds. The summed E-state index contributed by atoms with van der Waals surface area (Å²) in [5, 5.41) is 14.0. The van der Waals surface area contributed by atoms with Crippen LogP contribution in [-0.2, 0) is 18.4 Å². The minimum Gasteiger partial charge on any atom is -0.387 e. The molecule has 0 fully saturated rings. The van der Waals surface area contributed by atoms with Crippen LogP contribution in [0.15, 0.2) is 72.9 Å². The van der Waals surface area contributed by atoms with E-state index in [1.54, 1.807) is 6.08 Å². The fourth-order valence-corrected chi connectivity index (χ4v) is 10.5. The average Bonchev–Trinajstić information content (AvgIpc) is 3.41. The van der Waals surface area contributed by atoms with Crippen molar-refractivity contribution in [2.75, 3.05) is 40.9 Å². The van der Waals surface area contributed by atoms with Crippen LogP contribution in [-0.4, -0.2) is 73.4 Å². The lowest BCUT2D eigenvalue weighted by Crippen LogP contribution is -2.45. The van der Waals surface area contributed by atoms with Gasteiger partial charge in [0.25, 0.3) is 0 Å². The number of allylic oxidation sites excluding steroid dienone is 11. The number of carbonyl (C=O) groups excluding carboxylic acids is 1. The van der Waals surface area contributed by atoms with Crippen LogP contribution < -0.4 is 5.32 Å². The first kappa shape index (κ1) is 75.9. The summed E-state index contributed by atoms with van der Waals surface area (Å²) in [6.07, 6.45) is 83.2. The highest BCUT2D eigenvalue weighted by Crippen LogP contribution is 2.43. The monoisotopic (exact) mass is 1110 g/mol. The number of nitrogens with zero attached hydrogens (tertiary/aromatic N) is 1. The second-order valence-electron chi connectivity index (χ2n) is 23.8. The van der Waals surface area contributed by atoms with Crippen LogP contribution in [0.4, 0.5) is 0 Å². The van der Waals surface area contributed by atoms with Crippen LogP contribution >= 0.6 is 7.82 Å². The van der Waals surface area contributed by atoms with Crippen LogP contribution in [0.2, 0.25) is 0 Å². The molecule has 78 heavy (non-hydrogen) atoms. The van der Waals surface area contributed by atoms with Crippen molar-refractivity contribution in [2.24, 2.45) is 0 Å². The molecule has 456 valence electrons. The molecule has 3 unspecified atom stereocenters. The first-order valence-corrected chi connectivity index (χ1v) is 34.8. The number of hydrogen-bond donors (Lipinski definition) is 3. The van der Waals surface area contributed by atoms with Crippen molar-refractivity contribution in [3.63, 3.8) is 0 Å². The summed E-state index contributed by atoms with van der Waals surface area (Å²) in [5.74, 6) is -0.182. The van der Waals surface area contributed by atoms with E-state index in [9.17, 15) is 19.4 Å². The van der Waals surface area contributed by atoms with Gasteiger partial charge in [-0.1, -0.05) is 311 Å². The van der Waals surface area contributed by atoms with E-state index in [1.165, 1.54) is 212 Å². The number of hydrogen-bond acceptors (Lipinski definition) is 5. The zero-order chi connectivity index (χ0) is 57.0. The van der Waals surface area contributed by atoms with E-state index in [2.05, 4.69) is 79.9 Å². The smallest absolute Gasteiger partial charge is 0.387 e. The minimum absolute atomic E-state index is 0.0578. The number of aliphatic hydroxyl groups is 1. The maximum absolute atomic E-state index is 13.0. The molecule has 0 rings (SSSR count). The molecular weight excluding hydrogens is 984 g/mol. The second kappa shape index (κ2) is 59.6. The van der Waals surface area contributed by atoms with Crippen LogP contribution in [0.3, 0.4) is 0 Å². The molecule has 0 aromatic carbocycles. The van der Waals surface area contributed by atoms with Crippen molar-refractivity contribution >= 4 is 13.7 Å². The van der Waals surface area contributed by atoms with Gasteiger partial charge in [-0.15, -0.1) is 0 Å². The first-order chi connectivity index (χ1) is 38.0. The highest BCUT2D eigenvalue weighted by molar-refractivity contribution is 7.47. The van der Waals surface area contributed by atoms with Crippen molar-refractivity contribution < 1.29 is 32.9 Å². The third kappa shape index (κ3) is 61.6. The normalized spacial score (nSPS) is 14.2. The van der Waals surface area contributed by atoms with Gasteiger partial charge in [-0.3, -0.25) is 13.8 Å². The molecule has 0 aromatic rings. The van der Waals surface area contributed by atoms with E-state index in [1.807, 2.05) is 27.2 Å². The minimum atomic E-state index is -4.36. The van der Waals surface area contributed by atoms with Gasteiger partial charge in [0.2, 0.25) is 5.91 Å². The molecule has 3 N–H and O–H groups in total. The molecule has 0 heterocycles. The molecule has 8 nitrogen and oxygen atoms in total. The highest BCUT2D eigenvalue weighted by atomic mass is 31.2. The number of likely N-dealkylation sites (N-methyl/N-ethyl adjacent to an activating group) is 1. The fraction of sp³-hybridized carbons (Fsp3) is 0.812. The number of phosphoric acid groups is 1. The predicted molar refractivity (Wildman–Crippen MR) is 341 cm³/mol. The Morgan fingerprint density at radius 3 is 1.13 bits per heavy atom. The van der Waals surface area contributed by atoms with Gasteiger partial charge in [0.15, 0.2) is 0 Å². The summed E-state index contributed by atoms with van der Waals surface area (Å²) in [4.78, 5) is 23.4. The molecule has 0 saturated carbocycles. The number of phosphoric ester groups is 1. The third-order valence-electron chi connectivity index (χ3n) is 14.9. The molecule has 3 atom stereocenters. The summed E-state index contributed by atoms with van der Waals surface area (Å²) < 4.78 is 23.8. The van der Waals surface area contributed by atoms with Gasteiger partial charge in [0, 0.05) is 6.42 Å². The number of carbonyl (C=O) groups is 1. The quantitative estimate of drug-likeness (QED) is 0.0243. The van der Waals surface area contributed by atoms with Gasteiger partial charge in [-0.2, -0.15) is 0 Å². The largest absolute Gasteiger partial charge is 0.472 e. The number of aliphatic hydroxyl groups excluding tert-OH is 1. The zero-order valence-electron chi connectivity index (χ0n) is 52.2. The SMILES string of the molecule is CC/C=C\C/C=C\C/C=C\C/C=C\C/C=C\CCCCCCCCCCCC(=O)NC(COP(=O)(O)OCC[N+](C)(C)C)C(O)/C=C/CCCCCCCCCCCCCCCCCCCCCCCCCCCCCCC. The van der Waals surface area contributed by atoms with Crippen molar-refractivity contribution in [3.05, 3.63) is 72.9 Å². The van der Waals surface area contributed by atoms with E-state index < -0.39 is 20.0 Å². The Morgan fingerprint density at radius 2 is 0.769 bits per heavy atom. The second-order valence-corrected chi connectivity index (χ2v) is 25.3. The van der Waals surface area contributed by atoms with Crippen LogP contribution in [0.25, 0.3) is 0 Å². The van der Waals surface area contributed by atoms with Crippen molar-refractivity contribution in [3.8, 4) is 0 Å². The third-order valence-corrected chi connectivity index (χ3v) is 15.9. The summed E-state index contributed by atoms with van der Waals surface area (Å²) in [5.41, 5.74) is 0. The lowest BCUT2D eigenvalue weighted by atomic mass is 10.0. The molecule has 9 heteroatoms. The van der Waals surface area contributed by atoms with Crippen LogP contribution in [0.5, 0.6) is 0 Å². The van der Waals surface area contributed by atoms with Crippen molar-refractivity contribution in [1.29, 1.82) is 0 Å². The predicted octanol–water partition coefficient (Wildman–Crippen LogP) is 21.0. The Labute approximate surface area is 484 Å². The molecule has 0 radical (unpaired) electrons. The molecule has 0 aliphatic carbocycles. The molecular formula is C69H130N2O6P+. The maximum atomic E-state index is 13.0. The summed E-state index contributed by atoms with van der Waals surface area (Å²) in [6, 6.07) is -0.856. The van der Waals surface area contributed by atoms with Gasteiger partial charge >= 0.3 is 7.82 Å². The number of nitrogens with one attached hydrogen (secondary N) is 1. The zero-order valence-corrected chi connectivity index (χ0v) is 53.0. The lowest BCUT2D eigenvalue weighted by Gasteiger charge is -2.25. The summed E-state index contributed by atoms with van der Waals surface area (Å²) >= 11 is 0. The van der Waals surface area contributed by atoms with E-state index in [-0.39, 0.29) is 19.1 Å². The van der Waals surface area contributed by atoms with Gasteiger partial charge in [-0.25, -0.2) is 4.57 Å². The molecule has 0 aliphatic rings. The average molecular weight is 1110 g/mol. The van der Waals surface area contributed by atoms with E-state index in [0.29, 0.717) is 17.4 Å².